The molecule has 2 aromatic carbocycles. The first-order valence-electron chi connectivity index (χ1n) is 10.3. The van der Waals surface area contributed by atoms with E-state index in [1.807, 2.05) is 44.2 Å². The van der Waals surface area contributed by atoms with Gasteiger partial charge in [-0.15, -0.1) is 0 Å². The van der Waals surface area contributed by atoms with Crippen molar-refractivity contribution in [1.82, 2.24) is 10.6 Å². The molecule has 0 unspecified atom stereocenters. The quantitative estimate of drug-likeness (QED) is 0.623. The van der Waals surface area contributed by atoms with Crippen LogP contribution in [0.4, 0.5) is 10.5 Å². The number of rotatable bonds is 7. The third kappa shape index (κ3) is 8.12. The van der Waals surface area contributed by atoms with Gasteiger partial charge in [0.2, 0.25) is 5.91 Å². The van der Waals surface area contributed by atoms with Gasteiger partial charge >= 0.3 is 6.09 Å². The van der Waals surface area contributed by atoms with E-state index in [9.17, 15) is 14.4 Å². The summed E-state index contributed by atoms with van der Waals surface area (Å²) >= 11 is 0. The Labute approximate surface area is 183 Å². The van der Waals surface area contributed by atoms with E-state index in [1.54, 1.807) is 32.9 Å². The summed E-state index contributed by atoms with van der Waals surface area (Å²) in [6.45, 7) is 9.71. The van der Waals surface area contributed by atoms with Gasteiger partial charge in [-0.3, -0.25) is 9.59 Å². The van der Waals surface area contributed by atoms with Gasteiger partial charge in [0, 0.05) is 30.8 Å². The molecule has 3 amide bonds. The number of hydrogen-bond acceptors (Lipinski definition) is 4. The van der Waals surface area contributed by atoms with Crippen molar-refractivity contribution in [3.8, 4) is 0 Å². The number of carbonyl (C=O) groups excluding carboxylic acids is 3. The predicted octanol–water partition coefficient (Wildman–Crippen LogP) is 4.09. The molecular formula is C24H31N3O4. The molecule has 0 heterocycles. The largest absolute Gasteiger partial charge is 0.444 e. The zero-order valence-electron chi connectivity index (χ0n) is 18.8. The summed E-state index contributed by atoms with van der Waals surface area (Å²) in [4.78, 5) is 36.4. The fourth-order valence-corrected chi connectivity index (χ4v) is 2.75. The van der Waals surface area contributed by atoms with Crippen LogP contribution in [0, 0.1) is 13.8 Å². The lowest BCUT2D eigenvalue weighted by Gasteiger charge is -2.19. The molecule has 0 aliphatic rings. The van der Waals surface area contributed by atoms with Crippen LogP contribution in [0.3, 0.4) is 0 Å². The second-order valence-corrected chi connectivity index (χ2v) is 8.37. The number of para-hydroxylation sites is 1. The van der Waals surface area contributed by atoms with Crippen molar-refractivity contribution >= 4 is 23.6 Å². The average Bonchev–Trinajstić information content (AvgIpc) is 2.68. The fourth-order valence-electron chi connectivity index (χ4n) is 2.75. The molecule has 0 radical (unpaired) electrons. The van der Waals surface area contributed by atoms with Crippen LogP contribution in [0.5, 0.6) is 0 Å². The lowest BCUT2D eigenvalue weighted by molar-refractivity contribution is -0.121. The normalized spacial score (nSPS) is 10.9. The Morgan fingerprint density at radius 3 is 2.32 bits per heavy atom. The molecule has 0 aliphatic heterocycles. The summed E-state index contributed by atoms with van der Waals surface area (Å²) in [5.41, 5.74) is 3.59. The Morgan fingerprint density at radius 1 is 0.935 bits per heavy atom. The number of hydrogen-bond donors (Lipinski definition) is 3. The molecule has 31 heavy (non-hydrogen) atoms. The van der Waals surface area contributed by atoms with Crippen LogP contribution >= 0.6 is 0 Å². The third-order valence-electron chi connectivity index (χ3n) is 4.53. The van der Waals surface area contributed by atoms with Crippen LogP contribution in [0.25, 0.3) is 0 Å². The summed E-state index contributed by atoms with van der Waals surface area (Å²) in [5, 5.41) is 8.28. The van der Waals surface area contributed by atoms with Crippen molar-refractivity contribution in [2.75, 3.05) is 11.9 Å². The highest BCUT2D eigenvalue weighted by atomic mass is 16.6. The molecule has 7 nitrogen and oxygen atoms in total. The second kappa shape index (κ2) is 10.6. The molecular weight excluding hydrogens is 394 g/mol. The zero-order chi connectivity index (χ0) is 23.0. The van der Waals surface area contributed by atoms with Crippen molar-refractivity contribution < 1.29 is 19.1 Å². The van der Waals surface area contributed by atoms with Crippen molar-refractivity contribution in [3.05, 3.63) is 64.7 Å². The highest BCUT2D eigenvalue weighted by Gasteiger charge is 2.16. The van der Waals surface area contributed by atoms with E-state index in [2.05, 4.69) is 16.0 Å². The van der Waals surface area contributed by atoms with Crippen LogP contribution in [-0.4, -0.2) is 30.1 Å². The summed E-state index contributed by atoms with van der Waals surface area (Å²) in [6, 6.07) is 12.9. The number of nitrogens with one attached hydrogen (secondary N) is 3. The second-order valence-electron chi connectivity index (χ2n) is 8.37. The molecule has 0 aliphatic carbocycles. The lowest BCUT2D eigenvalue weighted by Crippen LogP contribution is -2.35. The standard InChI is InChI=1S/C24H31N3O4/c1-16-10-11-18(14-17(16)2)22(29)27-20-9-7-6-8-19(20)15-26-21(28)12-13-25-23(30)31-24(3,4)5/h6-11,14H,12-13,15H2,1-5H3,(H,25,30)(H,26,28)(H,27,29). The van der Waals surface area contributed by atoms with E-state index < -0.39 is 11.7 Å². The number of carbonyl (C=O) groups is 3. The first-order valence-corrected chi connectivity index (χ1v) is 10.3. The van der Waals surface area contributed by atoms with E-state index in [0.717, 1.165) is 16.7 Å². The summed E-state index contributed by atoms with van der Waals surface area (Å²) < 4.78 is 5.13. The van der Waals surface area contributed by atoms with Crippen LogP contribution in [0.1, 0.15) is 54.2 Å². The number of amides is 3. The van der Waals surface area contributed by atoms with Gasteiger partial charge in [0.05, 0.1) is 0 Å². The Bertz CT molecular complexity index is 948. The molecule has 7 heteroatoms. The summed E-state index contributed by atoms with van der Waals surface area (Å²) in [7, 11) is 0. The minimum absolute atomic E-state index is 0.121. The highest BCUT2D eigenvalue weighted by molar-refractivity contribution is 6.04. The van der Waals surface area contributed by atoms with E-state index in [4.69, 9.17) is 4.74 Å². The Morgan fingerprint density at radius 2 is 1.65 bits per heavy atom. The van der Waals surface area contributed by atoms with Gasteiger partial charge in [0.25, 0.3) is 5.91 Å². The molecule has 2 aromatic rings. The van der Waals surface area contributed by atoms with Crippen LogP contribution in [0.15, 0.2) is 42.5 Å². The number of aryl methyl sites for hydroxylation is 2. The SMILES string of the molecule is Cc1ccc(C(=O)Nc2ccccc2CNC(=O)CCNC(=O)OC(C)(C)C)cc1C. The van der Waals surface area contributed by atoms with E-state index in [0.29, 0.717) is 11.3 Å². The Balaban J connectivity index is 1.87. The number of ether oxygens (including phenoxy) is 1. The summed E-state index contributed by atoms with van der Waals surface area (Å²) in [6.07, 6.45) is -0.434. The maximum absolute atomic E-state index is 12.6. The number of benzene rings is 2. The van der Waals surface area contributed by atoms with Crippen molar-refractivity contribution in [3.63, 3.8) is 0 Å². The van der Waals surface area contributed by atoms with Gasteiger partial charge in [0.15, 0.2) is 0 Å². The molecule has 0 atom stereocenters. The maximum atomic E-state index is 12.6. The van der Waals surface area contributed by atoms with Gasteiger partial charge in [0.1, 0.15) is 5.60 Å². The molecule has 3 N–H and O–H groups in total. The molecule has 0 aromatic heterocycles. The first-order chi connectivity index (χ1) is 14.5. The first kappa shape index (κ1) is 23.9. The van der Waals surface area contributed by atoms with Gasteiger partial charge in [-0.25, -0.2) is 4.79 Å². The van der Waals surface area contributed by atoms with Gasteiger partial charge < -0.3 is 20.7 Å². The maximum Gasteiger partial charge on any atom is 0.407 e. The molecule has 2 rings (SSSR count). The minimum atomic E-state index is -0.586. The Kier molecular flexibility index (Phi) is 8.19. The topological polar surface area (TPSA) is 96.5 Å². The number of alkyl carbamates (subject to hydrolysis) is 1. The van der Waals surface area contributed by atoms with E-state index in [1.165, 1.54) is 0 Å². The predicted molar refractivity (Wildman–Crippen MR) is 121 cm³/mol. The van der Waals surface area contributed by atoms with E-state index in [-0.39, 0.29) is 31.3 Å². The molecule has 0 saturated heterocycles. The molecule has 0 spiro atoms. The van der Waals surface area contributed by atoms with Gasteiger partial charge in [-0.1, -0.05) is 24.3 Å². The Hall–Kier alpha value is -3.35. The van der Waals surface area contributed by atoms with Gasteiger partial charge in [-0.05, 0) is 69.5 Å². The van der Waals surface area contributed by atoms with Crippen LogP contribution < -0.4 is 16.0 Å². The molecule has 0 bridgehead atoms. The third-order valence-corrected chi connectivity index (χ3v) is 4.53. The molecule has 0 saturated carbocycles. The van der Waals surface area contributed by atoms with Gasteiger partial charge in [-0.2, -0.15) is 0 Å². The van der Waals surface area contributed by atoms with Crippen LogP contribution in [0.2, 0.25) is 0 Å². The number of anilines is 1. The monoisotopic (exact) mass is 425 g/mol. The van der Waals surface area contributed by atoms with Crippen molar-refractivity contribution in [2.45, 2.75) is 53.2 Å². The lowest BCUT2D eigenvalue weighted by atomic mass is 10.1. The summed E-state index contributed by atoms with van der Waals surface area (Å²) in [5.74, 6) is -0.421. The minimum Gasteiger partial charge on any atom is -0.444 e. The van der Waals surface area contributed by atoms with E-state index >= 15 is 0 Å². The highest BCUT2D eigenvalue weighted by Crippen LogP contribution is 2.17. The fraction of sp³-hybridized carbons (Fsp3) is 0.375. The van der Waals surface area contributed by atoms with Crippen molar-refractivity contribution in [2.24, 2.45) is 0 Å². The van der Waals surface area contributed by atoms with Crippen LogP contribution in [-0.2, 0) is 16.1 Å². The smallest absolute Gasteiger partial charge is 0.407 e. The zero-order valence-corrected chi connectivity index (χ0v) is 18.8. The molecule has 166 valence electrons. The average molecular weight is 426 g/mol. The molecule has 0 fully saturated rings. The van der Waals surface area contributed by atoms with Crippen molar-refractivity contribution in [1.29, 1.82) is 0 Å².